The molecule has 0 saturated carbocycles. The van der Waals surface area contributed by atoms with Crippen LogP contribution in [0.1, 0.15) is 39.2 Å². The second-order valence-corrected chi connectivity index (χ2v) is 8.39. The minimum atomic E-state index is -0.519. The third-order valence-corrected chi connectivity index (χ3v) is 4.59. The number of hydrogen-bond acceptors (Lipinski definition) is 5. The Labute approximate surface area is 171 Å². The van der Waals surface area contributed by atoms with Gasteiger partial charge in [0.15, 0.2) is 0 Å². The zero-order valence-electron chi connectivity index (χ0n) is 16.5. The van der Waals surface area contributed by atoms with E-state index in [2.05, 4.69) is 15.5 Å². The van der Waals surface area contributed by atoms with E-state index in [1.54, 1.807) is 18.2 Å². The summed E-state index contributed by atoms with van der Waals surface area (Å²) in [5, 5.41) is 14.8. The van der Waals surface area contributed by atoms with Crippen LogP contribution in [0, 0.1) is 17.2 Å². The van der Waals surface area contributed by atoms with Gasteiger partial charge in [0, 0.05) is 18.8 Å². The number of anilines is 1. The van der Waals surface area contributed by atoms with Crippen LogP contribution in [0.3, 0.4) is 0 Å². The Kier molecular flexibility index (Phi) is 7.67. The molecule has 7 nitrogen and oxygen atoms in total. The van der Waals surface area contributed by atoms with Gasteiger partial charge in [-0.15, -0.1) is 0 Å². The van der Waals surface area contributed by atoms with Crippen LogP contribution >= 0.6 is 11.6 Å². The Morgan fingerprint density at radius 2 is 2.14 bits per heavy atom. The minimum Gasteiger partial charge on any atom is -0.444 e. The Morgan fingerprint density at radius 3 is 2.79 bits per heavy atom. The van der Waals surface area contributed by atoms with Crippen molar-refractivity contribution in [2.75, 3.05) is 31.5 Å². The van der Waals surface area contributed by atoms with Crippen LogP contribution in [-0.4, -0.2) is 48.7 Å². The zero-order chi connectivity index (χ0) is 20.7. The quantitative estimate of drug-likeness (QED) is 0.781. The van der Waals surface area contributed by atoms with Crippen LogP contribution in [0.15, 0.2) is 18.2 Å². The molecule has 1 aromatic rings. The molecule has 1 fully saturated rings. The van der Waals surface area contributed by atoms with Crippen molar-refractivity contribution < 1.29 is 14.3 Å². The van der Waals surface area contributed by atoms with E-state index in [4.69, 9.17) is 21.6 Å². The van der Waals surface area contributed by atoms with E-state index in [-0.39, 0.29) is 18.4 Å². The number of alkyl carbamates (subject to hydrolysis) is 1. The molecule has 1 aliphatic heterocycles. The van der Waals surface area contributed by atoms with E-state index in [0.29, 0.717) is 22.8 Å². The van der Waals surface area contributed by atoms with Crippen LogP contribution in [0.5, 0.6) is 0 Å². The molecule has 0 bridgehead atoms. The molecule has 1 atom stereocenters. The van der Waals surface area contributed by atoms with Gasteiger partial charge in [-0.05, 0) is 64.3 Å². The van der Waals surface area contributed by atoms with Crippen LogP contribution in [0.25, 0.3) is 0 Å². The predicted molar refractivity (Wildman–Crippen MR) is 108 cm³/mol. The van der Waals surface area contributed by atoms with Crippen LogP contribution in [-0.2, 0) is 9.53 Å². The van der Waals surface area contributed by atoms with Crippen molar-refractivity contribution >= 4 is 29.3 Å². The number of hydrogen-bond donors (Lipinski definition) is 2. The summed E-state index contributed by atoms with van der Waals surface area (Å²) in [6.07, 6.45) is 1.55. The lowest BCUT2D eigenvalue weighted by Gasteiger charge is -2.32. The van der Waals surface area contributed by atoms with Crippen molar-refractivity contribution in [3.63, 3.8) is 0 Å². The fourth-order valence-corrected chi connectivity index (χ4v) is 3.31. The van der Waals surface area contributed by atoms with Crippen molar-refractivity contribution in [1.29, 1.82) is 5.26 Å². The number of piperidine rings is 1. The zero-order valence-corrected chi connectivity index (χ0v) is 17.3. The highest BCUT2D eigenvalue weighted by atomic mass is 35.5. The largest absolute Gasteiger partial charge is 0.444 e. The standard InChI is InChI=1S/C20H27ClN4O3/c1-20(2,3)28-19(27)23-11-14-5-4-8-25(12-14)13-18(26)24-16-7-6-15(10-22)17(21)9-16/h6-7,9,14H,4-5,8,11-13H2,1-3H3,(H,23,27)(H,24,26). The maximum Gasteiger partial charge on any atom is 0.407 e. The Balaban J connectivity index is 1.79. The molecule has 2 rings (SSSR count). The summed E-state index contributed by atoms with van der Waals surface area (Å²) in [6, 6.07) is 6.80. The Bertz CT molecular complexity index is 755. The fourth-order valence-electron chi connectivity index (χ4n) is 3.09. The second kappa shape index (κ2) is 9.76. The van der Waals surface area contributed by atoms with Gasteiger partial charge in [-0.1, -0.05) is 11.6 Å². The number of carbonyl (C=O) groups is 2. The molecule has 0 radical (unpaired) electrons. The minimum absolute atomic E-state index is 0.137. The van der Waals surface area contributed by atoms with Gasteiger partial charge in [0.1, 0.15) is 11.7 Å². The molecule has 1 saturated heterocycles. The molecule has 8 heteroatoms. The highest BCUT2D eigenvalue weighted by Gasteiger charge is 2.23. The van der Waals surface area contributed by atoms with Crippen LogP contribution in [0.4, 0.5) is 10.5 Å². The van der Waals surface area contributed by atoms with Crippen molar-refractivity contribution in [1.82, 2.24) is 10.2 Å². The average molecular weight is 407 g/mol. The fraction of sp³-hybridized carbons (Fsp3) is 0.550. The highest BCUT2D eigenvalue weighted by Crippen LogP contribution is 2.21. The summed E-state index contributed by atoms with van der Waals surface area (Å²) in [5.74, 6) is 0.139. The monoisotopic (exact) mass is 406 g/mol. The Morgan fingerprint density at radius 1 is 1.39 bits per heavy atom. The van der Waals surface area contributed by atoms with Crippen molar-refractivity contribution in [3.05, 3.63) is 28.8 Å². The number of nitriles is 1. The molecule has 1 unspecified atom stereocenters. The van der Waals surface area contributed by atoms with E-state index in [9.17, 15) is 9.59 Å². The SMILES string of the molecule is CC(C)(C)OC(=O)NCC1CCCN(CC(=O)Nc2ccc(C#N)c(Cl)c2)C1. The summed E-state index contributed by atoms with van der Waals surface area (Å²) in [5.41, 5.74) is 0.417. The first-order chi connectivity index (χ1) is 13.2. The smallest absolute Gasteiger partial charge is 0.407 e. The maximum atomic E-state index is 12.3. The van der Waals surface area contributed by atoms with Gasteiger partial charge in [0.25, 0.3) is 0 Å². The molecule has 0 aromatic heterocycles. The summed E-state index contributed by atoms with van der Waals surface area (Å²) in [6.45, 7) is 7.85. The van der Waals surface area contributed by atoms with E-state index < -0.39 is 11.7 Å². The van der Waals surface area contributed by atoms with Crippen LogP contribution < -0.4 is 10.6 Å². The second-order valence-electron chi connectivity index (χ2n) is 7.98. The summed E-state index contributed by atoms with van der Waals surface area (Å²) < 4.78 is 5.25. The first kappa shape index (κ1) is 22.0. The maximum absolute atomic E-state index is 12.3. The van der Waals surface area contributed by atoms with Crippen molar-refractivity contribution in [3.8, 4) is 6.07 Å². The third-order valence-electron chi connectivity index (χ3n) is 4.28. The normalized spacial score (nSPS) is 17.5. The topological polar surface area (TPSA) is 94.5 Å². The van der Waals surface area contributed by atoms with Gasteiger partial charge in [-0.2, -0.15) is 5.26 Å². The van der Waals surface area contributed by atoms with Gasteiger partial charge in [-0.3, -0.25) is 9.69 Å². The van der Waals surface area contributed by atoms with Gasteiger partial charge >= 0.3 is 6.09 Å². The number of ether oxygens (including phenoxy) is 1. The number of nitrogens with zero attached hydrogens (tertiary/aromatic N) is 2. The van der Waals surface area contributed by atoms with Gasteiger partial charge < -0.3 is 15.4 Å². The number of amides is 2. The predicted octanol–water partition coefficient (Wildman–Crippen LogP) is 3.39. The number of likely N-dealkylation sites (tertiary alicyclic amines) is 1. The first-order valence-electron chi connectivity index (χ1n) is 9.35. The van der Waals surface area contributed by atoms with E-state index in [0.717, 1.165) is 25.9 Å². The number of rotatable bonds is 5. The van der Waals surface area contributed by atoms with Gasteiger partial charge in [-0.25, -0.2) is 4.79 Å². The molecular formula is C20H27ClN4O3. The molecular weight excluding hydrogens is 380 g/mol. The lowest BCUT2D eigenvalue weighted by molar-refractivity contribution is -0.117. The molecule has 28 heavy (non-hydrogen) atoms. The highest BCUT2D eigenvalue weighted by molar-refractivity contribution is 6.32. The number of halogens is 1. The van der Waals surface area contributed by atoms with Crippen molar-refractivity contribution in [2.24, 2.45) is 5.92 Å². The first-order valence-corrected chi connectivity index (χ1v) is 9.73. The average Bonchev–Trinajstić information content (AvgIpc) is 2.59. The molecule has 0 spiro atoms. The third kappa shape index (κ3) is 7.37. The number of carbonyl (C=O) groups excluding carboxylic acids is 2. The molecule has 2 N–H and O–H groups in total. The Hall–Kier alpha value is -2.30. The molecule has 1 aliphatic rings. The summed E-state index contributed by atoms with van der Waals surface area (Å²) >= 11 is 6.00. The van der Waals surface area contributed by atoms with E-state index in [1.807, 2.05) is 26.8 Å². The molecule has 0 aliphatic carbocycles. The lowest BCUT2D eigenvalue weighted by Crippen LogP contribution is -2.44. The van der Waals surface area contributed by atoms with E-state index >= 15 is 0 Å². The van der Waals surface area contributed by atoms with Gasteiger partial charge in [0.2, 0.25) is 5.91 Å². The van der Waals surface area contributed by atoms with Crippen molar-refractivity contribution in [2.45, 2.75) is 39.2 Å². The molecule has 1 aromatic carbocycles. The molecule has 2 amide bonds. The molecule has 152 valence electrons. The molecule has 1 heterocycles. The van der Waals surface area contributed by atoms with Crippen LogP contribution in [0.2, 0.25) is 5.02 Å². The van der Waals surface area contributed by atoms with E-state index in [1.165, 1.54) is 0 Å². The number of benzene rings is 1. The van der Waals surface area contributed by atoms with Gasteiger partial charge in [0.05, 0.1) is 17.1 Å². The lowest BCUT2D eigenvalue weighted by atomic mass is 9.98. The number of nitrogens with one attached hydrogen (secondary N) is 2. The summed E-state index contributed by atoms with van der Waals surface area (Å²) in [4.78, 5) is 26.2. The summed E-state index contributed by atoms with van der Waals surface area (Å²) in [7, 11) is 0.